The fourth-order valence-electron chi connectivity index (χ4n) is 2.60. The molecule has 5 heteroatoms. The predicted molar refractivity (Wildman–Crippen MR) is 103 cm³/mol. The van der Waals surface area contributed by atoms with E-state index in [9.17, 15) is 4.79 Å². The number of esters is 1. The third-order valence-electron chi connectivity index (χ3n) is 3.21. The molecule has 0 bridgehead atoms. The molecule has 0 spiro atoms. The van der Waals surface area contributed by atoms with Crippen molar-refractivity contribution in [3.8, 4) is 0 Å². The van der Waals surface area contributed by atoms with Crippen molar-refractivity contribution in [2.24, 2.45) is 5.41 Å². The zero-order chi connectivity index (χ0) is 17.8. The lowest BCUT2D eigenvalue weighted by atomic mass is 9.75. The van der Waals surface area contributed by atoms with Crippen LogP contribution in [0.25, 0.3) is 0 Å². The number of hydrogen-bond donors (Lipinski definition) is 1. The Balaban J connectivity index is 3.47. The molecule has 0 heterocycles. The van der Waals surface area contributed by atoms with Gasteiger partial charge in [0, 0.05) is 4.47 Å². The summed E-state index contributed by atoms with van der Waals surface area (Å²) >= 11 is 8.70. The number of rotatable bonds is 5. The van der Waals surface area contributed by atoms with Crippen LogP contribution in [0.15, 0.2) is 28.7 Å². The van der Waals surface area contributed by atoms with Gasteiger partial charge in [0.25, 0.3) is 0 Å². The monoisotopic (exact) mass is 399 g/mol. The van der Waals surface area contributed by atoms with Crippen LogP contribution in [0.5, 0.6) is 0 Å². The highest BCUT2D eigenvalue weighted by Gasteiger charge is 2.45. The number of nitrogens with one attached hydrogen (secondary N) is 1. The van der Waals surface area contributed by atoms with Crippen molar-refractivity contribution in [1.82, 2.24) is 5.32 Å². The van der Waals surface area contributed by atoms with E-state index in [-0.39, 0.29) is 17.5 Å². The number of carbonyl (C=O) groups excluding carboxylic acids is 1. The van der Waals surface area contributed by atoms with Crippen LogP contribution in [0.2, 0.25) is 0 Å². The minimum absolute atomic E-state index is 0.0964. The molecule has 0 aliphatic carbocycles. The molecule has 0 saturated carbocycles. The van der Waals surface area contributed by atoms with E-state index in [1.54, 1.807) is 6.92 Å². The number of ether oxygens (including phenoxy) is 1. The number of halogens is 1. The largest absolute Gasteiger partial charge is 0.461 e. The Labute approximate surface area is 153 Å². The van der Waals surface area contributed by atoms with Gasteiger partial charge in [0.05, 0.1) is 11.1 Å². The van der Waals surface area contributed by atoms with Crippen molar-refractivity contribution in [2.75, 3.05) is 0 Å². The summed E-state index contributed by atoms with van der Waals surface area (Å²) in [5, 5.41) is 3.23. The summed E-state index contributed by atoms with van der Waals surface area (Å²) in [4.78, 5) is 13.6. The highest BCUT2D eigenvalue weighted by molar-refractivity contribution is 9.10. The summed E-state index contributed by atoms with van der Waals surface area (Å²) < 4.78 is 6.53. The van der Waals surface area contributed by atoms with E-state index >= 15 is 0 Å². The van der Waals surface area contributed by atoms with E-state index in [1.165, 1.54) is 0 Å². The van der Waals surface area contributed by atoms with Crippen LogP contribution in [0.1, 0.15) is 53.5 Å². The lowest BCUT2D eigenvalue weighted by molar-refractivity contribution is -0.157. The number of thiocarbonyl (C=S) groups is 1. The van der Waals surface area contributed by atoms with Gasteiger partial charge < -0.3 is 10.1 Å². The van der Waals surface area contributed by atoms with Gasteiger partial charge in [-0.25, -0.2) is 4.79 Å². The van der Waals surface area contributed by atoms with Crippen LogP contribution in [0, 0.1) is 5.41 Å². The van der Waals surface area contributed by atoms with Crippen molar-refractivity contribution in [1.29, 1.82) is 0 Å². The minimum Gasteiger partial charge on any atom is -0.461 e. The van der Waals surface area contributed by atoms with Gasteiger partial charge in [0.2, 0.25) is 0 Å². The van der Waals surface area contributed by atoms with E-state index in [0.717, 1.165) is 10.0 Å². The van der Waals surface area contributed by atoms with Crippen LogP contribution in [0.4, 0.5) is 0 Å². The molecule has 0 aliphatic rings. The molecule has 23 heavy (non-hydrogen) atoms. The van der Waals surface area contributed by atoms with Gasteiger partial charge in [-0.05, 0) is 50.3 Å². The zero-order valence-corrected chi connectivity index (χ0v) is 17.1. The van der Waals surface area contributed by atoms with Crippen molar-refractivity contribution < 1.29 is 9.53 Å². The van der Waals surface area contributed by atoms with E-state index in [4.69, 9.17) is 17.0 Å². The van der Waals surface area contributed by atoms with Crippen LogP contribution < -0.4 is 5.32 Å². The van der Waals surface area contributed by atoms with Crippen molar-refractivity contribution in [3.05, 3.63) is 34.3 Å². The third-order valence-corrected chi connectivity index (χ3v) is 3.84. The smallest absolute Gasteiger partial charge is 0.336 e. The van der Waals surface area contributed by atoms with E-state index in [2.05, 4.69) is 42.0 Å². The van der Waals surface area contributed by atoms with Gasteiger partial charge in [-0.3, -0.25) is 0 Å². The maximum Gasteiger partial charge on any atom is 0.336 e. The average molecular weight is 400 g/mol. The fraction of sp³-hybridized carbons (Fsp3) is 0.556. The second kappa shape index (κ2) is 7.75. The van der Waals surface area contributed by atoms with Crippen molar-refractivity contribution in [3.63, 3.8) is 0 Å². The minimum atomic E-state index is -0.991. The van der Waals surface area contributed by atoms with Gasteiger partial charge in [-0.2, -0.15) is 0 Å². The standard InChI is InChI=1S/C18H26BrNO2S/c1-12(2)22-16(21)18(20-13(3)23,11-17(4,5)6)14-7-9-15(19)10-8-14/h7-10,12H,11H2,1-6H3,(H,20,23)/t18-/m1/s1. The highest BCUT2D eigenvalue weighted by Crippen LogP contribution is 2.37. The third kappa shape index (κ3) is 5.88. The molecule has 0 saturated heterocycles. The summed E-state index contributed by atoms with van der Waals surface area (Å²) in [6.07, 6.45) is 0.380. The molecule has 1 aromatic rings. The summed E-state index contributed by atoms with van der Waals surface area (Å²) in [5.74, 6) is -0.297. The Bertz CT molecular complexity index is 563. The summed E-state index contributed by atoms with van der Waals surface area (Å²) in [6, 6.07) is 7.72. The molecule has 0 radical (unpaired) electrons. The molecule has 1 atom stereocenters. The first kappa shape index (κ1) is 20.1. The second-order valence-electron chi connectivity index (χ2n) is 7.28. The van der Waals surface area contributed by atoms with Crippen molar-refractivity contribution in [2.45, 2.75) is 59.6 Å². The second-order valence-corrected chi connectivity index (χ2v) is 8.81. The Kier molecular flexibility index (Phi) is 6.78. The number of carbonyl (C=O) groups is 1. The Morgan fingerprint density at radius 3 is 2.17 bits per heavy atom. The maximum atomic E-state index is 13.0. The lowest BCUT2D eigenvalue weighted by Gasteiger charge is -2.38. The summed E-state index contributed by atoms with van der Waals surface area (Å²) in [7, 11) is 0. The first-order valence-corrected chi connectivity index (χ1v) is 8.92. The van der Waals surface area contributed by atoms with Crippen LogP contribution in [-0.2, 0) is 15.1 Å². The molecule has 1 rings (SSSR count). The molecule has 1 N–H and O–H groups in total. The van der Waals surface area contributed by atoms with Gasteiger partial charge in [0.1, 0.15) is 0 Å². The fourth-order valence-corrected chi connectivity index (χ4v) is 3.04. The van der Waals surface area contributed by atoms with Gasteiger partial charge in [0.15, 0.2) is 5.54 Å². The van der Waals surface area contributed by atoms with E-state index in [1.807, 2.05) is 38.1 Å². The first-order chi connectivity index (χ1) is 10.5. The maximum absolute atomic E-state index is 13.0. The Hall–Kier alpha value is -0.940. The molecular formula is C18H26BrNO2S. The Morgan fingerprint density at radius 1 is 1.26 bits per heavy atom. The van der Waals surface area contributed by atoms with E-state index < -0.39 is 5.54 Å². The lowest BCUT2D eigenvalue weighted by Crippen LogP contribution is -2.54. The topological polar surface area (TPSA) is 38.3 Å². The van der Waals surface area contributed by atoms with Gasteiger partial charge in [-0.15, -0.1) is 0 Å². The average Bonchev–Trinajstić information content (AvgIpc) is 2.35. The normalized spacial score (nSPS) is 14.3. The first-order valence-electron chi connectivity index (χ1n) is 7.72. The summed E-state index contributed by atoms with van der Waals surface area (Å²) in [6.45, 7) is 11.8. The molecule has 0 amide bonds. The molecule has 0 fully saturated rings. The summed E-state index contributed by atoms with van der Waals surface area (Å²) in [5.41, 5.74) is -0.235. The van der Waals surface area contributed by atoms with Gasteiger partial charge in [-0.1, -0.05) is 61.1 Å². The molecule has 128 valence electrons. The molecule has 1 aromatic carbocycles. The van der Waals surface area contributed by atoms with Crippen molar-refractivity contribution >= 4 is 39.1 Å². The molecule has 0 aliphatic heterocycles. The molecule has 3 nitrogen and oxygen atoms in total. The van der Waals surface area contributed by atoms with Crippen LogP contribution >= 0.6 is 28.1 Å². The number of benzene rings is 1. The molecular weight excluding hydrogens is 374 g/mol. The molecule has 0 unspecified atom stereocenters. The van der Waals surface area contributed by atoms with Crippen LogP contribution in [-0.4, -0.2) is 17.1 Å². The SMILES string of the molecule is CC(=S)N[C@@](CC(C)(C)C)(C(=O)OC(C)C)c1ccc(Br)cc1. The van der Waals surface area contributed by atoms with Gasteiger partial charge >= 0.3 is 5.97 Å². The predicted octanol–water partition coefficient (Wildman–Crippen LogP) is 4.97. The molecule has 0 aromatic heterocycles. The zero-order valence-electron chi connectivity index (χ0n) is 14.7. The highest BCUT2D eigenvalue weighted by atomic mass is 79.9. The quantitative estimate of drug-likeness (QED) is 0.560. The van der Waals surface area contributed by atoms with Crippen LogP contribution in [0.3, 0.4) is 0 Å². The number of hydrogen-bond acceptors (Lipinski definition) is 3. The van der Waals surface area contributed by atoms with E-state index in [0.29, 0.717) is 11.4 Å². The Morgan fingerprint density at radius 2 is 1.78 bits per heavy atom.